The minimum absolute atomic E-state index is 0.0594. The molecule has 1 saturated carbocycles. The molecular weight excluding hydrogens is 368 g/mol. The number of carbonyl (C=O) groups excluding carboxylic acids is 2. The molecule has 0 radical (unpaired) electrons. The lowest BCUT2D eigenvalue weighted by Gasteiger charge is -2.11. The number of nitrogens with zero attached hydrogens (tertiary/aromatic N) is 2. The zero-order valence-corrected chi connectivity index (χ0v) is 17.4. The molecule has 29 heavy (non-hydrogen) atoms. The summed E-state index contributed by atoms with van der Waals surface area (Å²) in [7, 11) is 0. The number of hydrogen-bond acceptors (Lipinski definition) is 4. The van der Waals surface area contributed by atoms with Gasteiger partial charge in [-0.25, -0.2) is 4.79 Å². The highest BCUT2D eigenvalue weighted by atomic mass is 16.3. The molecule has 3 rings (SSSR count). The number of phenols is 1. The van der Waals surface area contributed by atoms with Gasteiger partial charge in [-0.15, -0.1) is 0 Å². The van der Waals surface area contributed by atoms with Crippen LogP contribution in [0.2, 0.25) is 0 Å². The summed E-state index contributed by atoms with van der Waals surface area (Å²) in [5, 5.41) is 20.7. The van der Waals surface area contributed by atoms with Crippen molar-refractivity contribution in [2.24, 2.45) is 5.92 Å². The molecular formula is C22H30N4O3. The van der Waals surface area contributed by atoms with Crippen LogP contribution in [0, 0.1) is 5.92 Å². The minimum atomic E-state index is -0.247. The highest BCUT2D eigenvalue weighted by Crippen LogP contribution is 2.38. The molecule has 1 aromatic heterocycles. The zero-order valence-electron chi connectivity index (χ0n) is 17.4. The molecule has 7 heteroatoms. The third-order valence-corrected chi connectivity index (χ3v) is 5.29. The van der Waals surface area contributed by atoms with E-state index in [-0.39, 0.29) is 29.5 Å². The van der Waals surface area contributed by atoms with Crippen LogP contribution in [0.3, 0.4) is 0 Å². The standard InChI is InChI=1S/C22H30N4O3/c1-4-11-23-22(29)26-19(15-7-5-6-8-15)13-18(25-26)17-12-16(9-10-20(17)27)24-21(28)14(2)3/h9-10,12-15,27H,4-8,11H2,1-3H3,(H,23,29)(H,24,28). The molecule has 1 aliphatic rings. The predicted octanol–water partition coefficient (Wildman–Crippen LogP) is 4.48. The van der Waals surface area contributed by atoms with Gasteiger partial charge in [0.1, 0.15) is 5.75 Å². The molecule has 7 nitrogen and oxygen atoms in total. The third kappa shape index (κ3) is 4.78. The Labute approximate surface area is 171 Å². The molecule has 0 unspecified atom stereocenters. The molecule has 0 saturated heterocycles. The number of carbonyl (C=O) groups is 2. The van der Waals surface area contributed by atoms with E-state index in [0.717, 1.165) is 37.8 Å². The summed E-state index contributed by atoms with van der Waals surface area (Å²) >= 11 is 0. The van der Waals surface area contributed by atoms with Crippen molar-refractivity contribution in [2.45, 2.75) is 58.8 Å². The second-order valence-electron chi connectivity index (χ2n) is 7.96. The summed E-state index contributed by atoms with van der Waals surface area (Å²) in [5.74, 6) is 0.0965. The Kier molecular flexibility index (Phi) is 6.56. The number of rotatable bonds is 6. The first-order chi connectivity index (χ1) is 13.9. The van der Waals surface area contributed by atoms with Crippen molar-refractivity contribution in [1.82, 2.24) is 15.1 Å². The van der Waals surface area contributed by atoms with Crippen molar-refractivity contribution in [2.75, 3.05) is 11.9 Å². The number of anilines is 1. The molecule has 2 aromatic rings. The summed E-state index contributed by atoms with van der Waals surface area (Å²) in [6, 6.07) is 6.54. The van der Waals surface area contributed by atoms with Crippen molar-refractivity contribution in [3.8, 4) is 17.0 Å². The van der Waals surface area contributed by atoms with E-state index in [1.165, 1.54) is 10.7 Å². The van der Waals surface area contributed by atoms with Crippen LogP contribution in [0.5, 0.6) is 5.75 Å². The van der Waals surface area contributed by atoms with E-state index in [4.69, 9.17) is 0 Å². The fourth-order valence-electron chi connectivity index (χ4n) is 3.61. The average molecular weight is 399 g/mol. The Morgan fingerprint density at radius 3 is 2.62 bits per heavy atom. The van der Waals surface area contributed by atoms with Crippen LogP contribution in [-0.4, -0.2) is 33.4 Å². The predicted molar refractivity (Wildman–Crippen MR) is 113 cm³/mol. The Hall–Kier alpha value is -2.83. The van der Waals surface area contributed by atoms with Gasteiger partial charge in [0.2, 0.25) is 5.91 Å². The lowest BCUT2D eigenvalue weighted by atomic mass is 10.0. The number of amides is 2. The van der Waals surface area contributed by atoms with E-state index in [1.54, 1.807) is 12.1 Å². The number of nitrogens with one attached hydrogen (secondary N) is 2. The summed E-state index contributed by atoms with van der Waals surface area (Å²) in [6.45, 7) is 6.23. The van der Waals surface area contributed by atoms with Gasteiger partial charge in [-0.2, -0.15) is 9.78 Å². The van der Waals surface area contributed by atoms with Gasteiger partial charge in [0.15, 0.2) is 0 Å². The second-order valence-corrected chi connectivity index (χ2v) is 7.96. The van der Waals surface area contributed by atoms with Crippen LogP contribution in [0.25, 0.3) is 11.3 Å². The van der Waals surface area contributed by atoms with E-state index in [0.29, 0.717) is 23.5 Å². The van der Waals surface area contributed by atoms with Crippen LogP contribution in [0.1, 0.15) is 64.5 Å². The first-order valence-electron chi connectivity index (χ1n) is 10.4. The number of aromatic hydroxyl groups is 1. The fraction of sp³-hybridized carbons (Fsp3) is 0.500. The molecule has 0 atom stereocenters. The zero-order chi connectivity index (χ0) is 21.0. The molecule has 1 fully saturated rings. The van der Waals surface area contributed by atoms with E-state index in [9.17, 15) is 14.7 Å². The number of benzene rings is 1. The maximum Gasteiger partial charge on any atom is 0.342 e. The first-order valence-corrected chi connectivity index (χ1v) is 10.4. The lowest BCUT2D eigenvalue weighted by Crippen LogP contribution is -2.31. The van der Waals surface area contributed by atoms with Gasteiger partial charge in [-0.3, -0.25) is 4.79 Å². The van der Waals surface area contributed by atoms with Crippen molar-refractivity contribution < 1.29 is 14.7 Å². The maximum atomic E-state index is 12.7. The number of hydrogen-bond donors (Lipinski definition) is 3. The van der Waals surface area contributed by atoms with Crippen molar-refractivity contribution in [3.05, 3.63) is 30.0 Å². The van der Waals surface area contributed by atoms with E-state index < -0.39 is 0 Å². The molecule has 2 amide bonds. The summed E-state index contributed by atoms with van der Waals surface area (Å²) in [5.41, 5.74) is 2.48. The van der Waals surface area contributed by atoms with Crippen LogP contribution < -0.4 is 10.6 Å². The Bertz CT molecular complexity index is 882. The highest BCUT2D eigenvalue weighted by molar-refractivity contribution is 5.93. The van der Waals surface area contributed by atoms with Gasteiger partial charge < -0.3 is 15.7 Å². The monoisotopic (exact) mass is 398 g/mol. The minimum Gasteiger partial charge on any atom is -0.507 e. The Morgan fingerprint density at radius 2 is 1.97 bits per heavy atom. The second kappa shape index (κ2) is 9.11. The molecule has 1 heterocycles. The van der Waals surface area contributed by atoms with E-state index in [2.05, 4.69) is 15.7 Å². The topological polar surface area (TPSA) is 96.3 Å². The Balaban J connectivity index is 1.97. The molecule has 1 aromatic carbocycles. The SMILES string of the molecule is CCCNC(=O)n1nc(-c2cc(NC(=O)C(C)C)ccc2O)cc1C1CCCC1. The Morgan fingerprint density at radius 1 is 1.24 bits per heavy atom. The van der Waals surface area contributed by atoms with Crippen LogP contribution in [0.15, 0.2) is 24.3 Å². The number of phenolic OH excluding ortho intramolecular Hbond substituents is 1. The third-order valence-electron chi connectivity index (χ3n) is 5.29. The van der Waals surface area contributed by atoms with E-state index >= 15 is 0 Å². The van der Waals surface area contributed by atoms with Gasteiger partial charge in [0, 0.05) is 29.6 Å². The van der Waals surface area contributed by atoms with Gasteiger partial charge in [-0.05, 0) is 43.5 Å². The summed E-state index contributed by atoms with van der Waals surface area (Å²) in [4.78, 5) is 24.7. The molecule has 1 aliphatic carbocycles. The van der Waals surface area contributed by atoms with Gasteiger partial charge in [-0.1, -0.05) is 33.6 Å². The van der Waals surface area contributed by atoms with E-state index in [1.807, 2.05) is 26.8 Å². The lowest BCUT2D eigenvalue weighted by molar-refractivity contribution is -0.118. The van der Waals surface area contributed by atoms with Crippen LogP contribution in [0.4, 0.5) is 10.5 Å². The van der Waals surface area contributed by atoms with Gasteiger partial charge in [0.05, 0.1) is 11.4 Å². The molecule has 0 spiro atoms. The van der Waals surface area contributed by atoms with Gasteiger partial charge in [0.25, 0.3) is 0 Å². The summed E-state index contributed by atoms with van der Waals surface area (Å²) < 4.78 is 1.44. The van der Waals surface area contributed by atoms with Crippen LogP contribution in [-0.2, 0) is 4.79 Å². The number of aromatic nitrogens is 2. The quantitative estimate of drug-likeness (QED) is 0.625. The smallest absolute Gasteiger partial charge is 0.342 e. The summed E-state index contributed by atoms with van der Waals surface area (Å²) in [6.07, 6.45) is 5.19. The fourth-order valence-corrected chi connectivity index (χ4v) is 3.61. The van der Waals surface area contributed by atoms with Crippen LogP contribution >= 0.6 is 0 Å². The molecule has 0 aliphatic heterocycles. The maximum absolute atomic E-state index is 12.7. The van der Waals surface area contributed by atoms with Crippen molar-refractivity contribution >= 4 is 17.6 Å². The average Bonchev–Trinajstić information content (AvgIpc) is 3.37. The largest absolute Gasteiger partial charge is 0.507 e. The first kappa shape index (κ1) is 20.9. The normalized spacial score (nSPS) is 14.3. The van der Waals surface area contributed by atoms with Gasteiger partial charge >= 0.3 is 6.03 Å². The van der Waals surface area contributed by atoms with Crippen molar-refractivity contribution in [3.63, 3.8) is 0 Å². The van der Waals surface area contributed by atoms with Crippen molar-refractivity contribution in [1.29, 1.82) is 0 Å². The highest BCUT2D eigenvalue weighted by Gasteiger charge is 2.26. The molecule has 156 valence electrons. The molecule has 0 bridgehead atoms. The molecule has 3 N–H and O–H groups in total.